The number of carboxylic acids is 1. The summed E-state index contributed by atoms with van der Waals surface area (Å²) >= 11 is 0. The predicted octanol–water partition coefficient (Wildman–Crippen LogP) is 2.39. The average molecular weight is 233 g/mol. The summed E-state index contributed by atoms with van der Waals surface area (Å²) in [5.41, 5.74) is 2.88. The zero-order chi connectivity index (χ0) is 12.4. The van der Waals surface area contributed by atoms with Crippen molar-refractivity contribution in [1.29, 1.82) is 0 Å². The van der Waals surface area contributed by atoms with Gasteiger partial charge >= 0.3 is 5.97 Å². The number of carboxylic acid groups (broad SMARTS) is 1. The molecule has 0 bridgehead atoms. The molecule has 1 aliphatic heterocycles. The van der Waals surface area contributed by atoms with Crippen LogP contribution in [-0.2, 0) is 9.63 Å². The van der Waals surface area contributed by atoms with Crippen LogP contribution in [0.25, 0.3) is 0 Å². The van der Waals surface area contributed by atoms with Crippen LogP contribution in [0.2, 0.25) is 0 Å². The van der Waals surface area contributed by atoms with Crippen LogP contribution in [0.5, 0.6) is 0 Å². The van der Waals surface area contributed by atoms with Gasteiger partial charge in [0.15, 0.2) is 0 Å². The lowest BCUT2D eigenvalue weighted by atomic mass is 9.99. The minimum atomic E-state index is -0.970. The molecule has 1 aromatic rings. The lowest BCUT2D eigenvalue weighted by Gasteiger charge is -2.06. The first kappa shape index (κ1) is 11.6. The fourth-order valence-electron chi connectivity index (χ4n) is 1.74. The first-order chi connectivity index (χ1) is 8.08. The second-order valence-electron chi connectivity index (χ2n) is 4.45. The molecule has 0 unspecified atom stereocenters. The number of hydrogen-bond donors (Lipinski definition) is 1. The van der Waals surface area contributed by atoms with Gasteiger partial charge in [0, 0.05) is 6.42 Å². The maximum absolute atomic E-state index is 10.7. The van der Waals surface area contributed by atoms with Gasteiger partial charge in [-0.05, 0) is 17.0 Å². The molecule has 2 rings (SSSR count). The van der Waals surface area contributed by atoms with Crippen molar-refractivity contribution in [2.24, 2.45) is 5.16 Å². The summed E-state index contributed by atoms with van der Waals surface area (Å²) in [6.45, 7) is 4.26. The van der Waals surface area contributed by atoms with E-state index >= 15 is 0 Å². The second-order valence-corrected chi connectivity index (χ2v) is 4.45. The number of rotatable bonds is 3. The smallest absolute Gasteiger partial charge is 0.348 e. The van der Waals surface area contributed by atoms with Crippen molar-refractivity contribution >= 4 is 11.7 Å². The van der Waals surface area contributed by atoms with Crippen molar-refractivity contribution < 1.29 is 14.7 Å². The van der Waals surface area contributed by atoms with Gasteiger partial charge in [-0.15, -0.1) is 0 Å². The average Bonchev–Trinajstić information content (AvgIpc) is 2.78. The number of benzene rings is 1. The summed E-state index contributed by atoms with van der Waals surface area (Å²) < 4.78 is 0. The lowest BCUT2D eigenvalue weighted by molar-refractivity contribution is -0.148. The number of nitrogens with zero attached hydrogens (tertiary/aromatic N) is 1. The van der Waals surface area contributed by atoms with Crippen LogP contribution in [0.4, 0.5) is 0 Å². The Hall–Kier alpha value is -1.84. The first-order valence-electron chi connectivity index (χ1n) is 5.63. The summed E-state index contributed by atoms with van der Waals surface area (Å²) in [7, 11) is 0. The molecule has 4 nitrogen and oxygen atoms in total. The van der Waals surface area contributed by atoms with E-state index in [-0.39, 0.29) is 0 Å². The van der Waals surface area contributed by atoms with Crippen molar-refractivity contribution in [3.05, 3.63) is 35.4 Å². The Labute approximate surface area is 99.9 Å². The highest BCUT2D eigenvalue weighted by atomic mass is 16.7. The Kier molecular flexibility index (Phi) is 3.13. The third-order valence-corrected chi connectivity index (χ3v) is 2.85. The molecule has 0 amide bonds. The van der Waals surface area contributed by atoms with Crippen LogP contribution >= 0.6 is 0 Å². The van der Waals surface area contributed by atoms with E-state index in [1.165, 1.54) is 5.56 Å². The van der Waals surface area contributed by atoms with Crippen LogP contribution in [0.15, 0.2) is 29.4 Å². The highest BCUT2D eigenvalue weighted by Gasteiger charge is 2.28. The highest BCUT2D eigenvalue weighted by Crippen LogP contribution is 2.19. The van der Waals surface area contributed by atoms with E-state index in [0.29, 0.717) is 18.1 Å². The monoisotopic (exact) mass is 233 g/mol. The Bertz CT molecular complexity index is 448. The maximum Gasteiger partial charge on any atom is 0.348 e. The van der Waals surface area contributed by atoms with Gasteiger partial charge < -0.3 is 9.94 Å². The van der Waals surface area contributed by atoms with Gasteiger partial charge in [0.25, 0.3) is 0 Å². The fraction of sp³-hybridized carbons (Fsp3) is 0.385. The SMILES string of the molecule is CC(C)c1ccc(C2=NO[C@@H](C(=O)O)C2)cc1. The van der Waals surface area contributed by atoms with E-state index in [4.69, 9.17) is 9.94 Å². The lowest BCUT2D eigenvalue weighted by Crippen LogP contribution is -2.19. The molecule has 0 radical (unpaired) electrons. The first-order valence-corrected chi connectivity index (χ1v) is 5.63. The summed E-state index contributed by atoms with van der Waals surface area (Å²) in [6, 6.07) is 8.00. The molecule has 1 aliphatic rings. The van der Waals surface area contributed by atoms with Gasteiger partial charge in [-0.3, -0.25) is 0 Å². The van der Waals surface area contributed by atoms with E-state index in [9.17, 15) is 4.79 Å². The molecule has 0 aliphatic carbocycles. The molecule has 1 N–H and O–H groups in total. The Balaban J connectivity index is 2.12. The van der Waals surface area contributed by atoms with Gasteiger partial charge in [0.1, 0.15) is 0 Å². The topological polar surface area (TPSA) is 58.9 Å². The van der Waals surface area contributed by atoms with Gasteiger partial charge in [-0.1, -0.05) is 43.3 Å². The minimum absolute atomic E-state index is 0.330. The van der Waals surface area contributed by atoms with Gasteiger partial charge in [0.05, 0.1) is 5.71 Å². The second kappa shape index (κ2) is 4.57. The number of aliphatic carboxylic acids is 1. The molecule has 0 aromatic heterocycles. The molecular weight excluding hydrogens is 218 g/mol. The molecule has 17 heavy (non-hydrogen) atoms. The summed E-state index contributed by atoms with van der Waals surface area (Å²) in [5.74, 6) is -0.486. The molecule has 0 saturated carbocycles. The zero-order valence-electron chi connectivity index (χ0n) is 9.88. The third-order valence-electron chi connectivity index (χ3n) is 2.85. The number of hydrogen-bond acceptors (Lipinski definition) is 3. The molecule has 0 fully saturated rings. The van der Waals surface area contributed by atoms with E-state index in [1.807, 2.05) is 24.3 Å². The molecule has 1 aromatic carbocycles. The van der Waals surface area contributed by atoms with Crippen molar-refractivity contribution in [3.63, 3.8) is 0 Å². The number of oxime groups is 1. The molecule has 0 saturated heterocycles. The Morgan fingerprint density at radius 3 is 2.53 bits per heavy atom. The van der Waals surface area contributed by atoms with E-state index in [1.54, 1.807) is 0 Å². The van der Waals surface area contributed by atoms with Crippen LogP contribution in [0, 0.1) is 0 Å². The van der Waals surface area contributed by atoms with Crippen molar-refractivity contribution in [2.45, 2.75) is 32.3 Å². The molecular formula is C13H15NO3. The van der Waals surface area contributed by atoms with Gasteiger partial charge in [0.2, 0.25) is 6.10 Å². The summed E-state index contributed by atoms with van der Waals surface area (Å²) in [5, 5.41) is 12.6. The zero-order valence-corrected chi connectivity index (χ0v) is 9.88. The minimum Gasteiger partial charge on any atom is -0.478 e. The van der Waals surface area contributed by atoms with Crippen LogP contribution in [0.3, 0.4) is 0 Å². The van der Waals surface area contributed by atoms with E-state index < -0.39 is 12.1 Å². The van der Waals surface area contributed by atoms with Crippen LogP contribution in [0.1, 0.15) is 37.3 Å². The van der Waals surface area contributed by atoms with Crippen molar-refractivity contribution in [3.8, 4) is 0 Å². The largest absolute Gasteiger partial charge is 0.478 e. The Morgan fingerprint density at radius 1 is 1.41 bits per heavy atom. The normalized spacial score (nSPS) is 19.0. The highest BCUT2D eigenvalue weighted by molar-refractivity contribution is 6.03. The Morgan fingerprint density at radius 2 is 2.06 bits per heavy atom. The van der Waals surface area contributed by atoms with Crippen LogP contribution < -0.4 is 0 Å². The third kappa shape index (κ3) is 2.46. The quantitative estimate of drug-likeness (QED) is 0.872. The van der Waals surface area contributed by atoms with Gasteiger partial charge in [-0.25, -0.2) is 4.79 Å². The van der Waals surface area contributed by atoms with Crippen molar-refractivity contribution in [1.82, 2.24) is 0 Å². The molecule has 90 valence electrons. The van der Waals surface area contributed by atoms with Gasteiger partial charge in [-0.2, -0.15) is 0 Å². The van der Waals surface area contributed by atoms with Crippen molar-refractivity contribution in [2.75, 3.05) is 0 Å². The van der Waals surface area contributed by atoms with E-state index in [0.717, 1.165) is 5.56 Å². The fourth-order valence-corrected chi connectivity index (χ4v) is 1.74. The standard InChI is InChI=1S/C13H15NO3/c1-8(2)9-3-5-10(6-4-9)11-7-12(13(15)16)17-14-11/h3-6,8,12H,7H2,1-2H3,(H,15,16)/t12-/m1/s1. The summed E-state index contributed by atoms with van der Waals surface area (Å²) in [6.07, 6.45) is -0.508. The molecule has 4 heteroatoms. The van der Waals surface area contributed by atoms with E-state index in [2.05, 4.69) is 19.0 Å². The predicted molar refractivity (Wildman–Crippen MR) is 64.2 cm³/mol. The number of carbonyl (C=O) groups is 1. The molecule has 1 atom stereocenters. The maximum atomic E-state index is 10.7. The van der Waals surface area contributed by atoms with Crippen LogP contribution in [-0.4, -0.2) is 22.9 Å². The molecule has 0 spiro atoms. The molecule has 1 heterocycles. The summed E-state index contributed by atoms with van der Waals surface area (Å²) in [4.78, 5) is 15.6.